The number of hydrogen-bond acceptors (Lipinski definition) is 4. The molecule has 0 saturated carbocycles. The van der Waals surface area contributed by atoms with Crippen LogP contribution in [0.1, 0.15) is 32.2 Å². The van der Waals surface area contributed by atoms with Crippen LogP contribution in [-0.2, 0) is 0 Å². The molecule has 0 radical (unpaired) electrons. The van der Waals surface area contributed by atoms with Gasteiger partial charge in [0.25, 0.3) is 11.8 Å². The predicted molar refractivity (Wildman–Crippen MR) is 92.1 cm³/mol. The molecule has 0 unspecified atom stereocenters. The maximum Gasteiger partial charge on any atom is 0.288 e. The van der Waals surface area contributed by atoms with E-state index >= 15 is 0 Å². The van der Waals surface area contributed by atoms with Crippen LogP contribution in [0, 0.1) is 25.5 Å². The van der Waals surface area contributed by atoms with E-state index in [4.69, 9.17) is 0 Å². The van der Waals surface area contributed by atoms with E-state index in [9.17, 15) is 18.4 Å². The lowest BCUT2D eigenvalue weighted by Crippen LogP contribution is -2.42. The maximum absolute atomic E-state index is 14.0. The summed E-state index contributed by atoms with van der Waals surface area (Å²) in [5.74, 6) is -2.73. The summed E-state index contributed by atoms with van der Waals surface area (Å²) in [5, 5.41) is 4.15. The molecule has 138 valence electrons. The first kappa shape index (κ1) is 18.2. The molecule has 3 rings (SSSR count). The number of aryl methyl sites for hydroxylation is 1. The molecule has 2 amide bonds. The van der Waals surface area contributed by atoms with Crippen LogP contribution in [0.15, 0.2) is 42.6 Å². The Morgan fingerprint density at radius 3 is 2.44 bits per heavy atom. The number of rotatable bonds is 3. The van der Waals surface area contributed by atoms with Crippen LogP contribution in [-0.4, -0.2) is 26.6 Å². The Balaban J connectivity index is 1.82. The number of carbonyl (C=O) groups is 2. The van der Waals surface area contributed by atoms with Crippen molar-refractivity contribution >= 4 is 11.8 Å². The van der Waals surface area contributed by atoms with E-state index in [1.165, 1.54) is 23.0 Å². The fourth-order valence-corrected chi connectivity index (χ4v) is 2.60. The molecule has 2 aromatic heterocycles. The number of nitrogens with one attached hydrogen (secondary N) is 2. The summed E-state index contributed by atoms with van der Waals surface area (Å²) in [6.45, 7) is 3.14. The fourth-order valence-electron chi connectivity index (χ4n) is 2.60. The van der Waals surface area contributed by atoms with Crippen molar-refractivity contribution in [3.05, 3.63) is 76.9 Å². The van der Waals surface area contributed by atoms with Crippen LogP contribution >= 0.6 is 0 Å². The van der Waals surface area contributed by atoms with Crippen LogP contribution in [0.25, 0.3) is 5.69 Å². The van der Waals surface area contributed by atoms with Crippen LogP contribution < -0.4 is 10.9 Å². The molecular formula is C18H15F2N5O2. The Morgan fingerprint density at radius 1 is 1.04 bits per heavy atom. The molecule has 2 N–H and O–H groups in total. The molecule has 0 aliphatic heterocycles. The summed E-state index contributed by atoms with van der Waals surface area (Å²) in [5.41, 5.74) is 5.50. The topological polar surface area (TPSA) is 88.9 Å². The lowest BCUT2D eigenvalue weighted by atomic mass is 10.2. The normalized spacial score (nSPS) is 10.5. The average Bonchev–Trinajstić information content (AvgIpc) is 2.94. The highest BCUT2D eigenvalue weighted by molar-refractivity contribution is 5.99. The van der Waals surface area contributed by atoms with Gasteiger partial charge in [0.1, 0.15) is 17.2 Å². The van der Waals surface area contributed by atoms with Gasteiger partial charge in [-0.1, -0.05) is 6.07 Å². The van der Waals surface area contributed by atoms with Gasteiger partial charge in [0, 0.05) is 12.3 Å². The zero-order valence-corrected chi connectivity index (χ0v) is 14.5. The number of pyridine rings is 1. The van der Waals surface area contributed by atoms with Gasteiger partial charge in [-0.3, -0.25) is 25.4 Å². The van der Waals surface area contributed by atoms with Crippen molar-refractivity contribution < 1.29 is 18.4 Å². The highest BCUT2D eigenvalue weighted by Gasteiger charge is 2.21. The Kier molecular flexibility index (Phi) is 4.93. The molecule has 3 aromatic rings. The maximum atomic E-state index is 14.0. The number of nitrogens with zero attached hydrogens (tertiary/aromatic N) is 3. The highest BCUT2D eigenvalue weighted by atomic mass is 19.1. The third kappa shape index (κ3) is 3.66. The quantitative estimate of drug-likeness (QED) is 0.691. The van der Waals surface area contributed by atoms with Gasteiger partial charge in [0.2, 0.25) is 0 Å². The smallest absolute Gasteiger partial charge is 0.267 e. The van der Waals surface area contributed by atoms with Gasteiger partial charge in [-0.25, -0.2) is 13.5 Å². The van der Waals surface area contributed by atoms with Gasteiger partial charge in [0.05, 0.1) is 17.0 Å². The third-order valence-electron chi connectivity index (χ3n) is 3.84. The molecule has 2 heterocycles. The largest absolute Gasteiger partial charge is 0.288 e. The van der Waals surface area contributed by atoms with Crippen molar-refractivity contribution in [2.45, 2.75) is 13.8 Å². The van der Waals surface area contributed by atoms with Crippen molar-refractivity contribution in [3.63, 3.8) is 0 Å². The van der Waals surface area contributed by atoms with Crippen molar-refractivity contribution in [1.29, 1.82) is 0 Å². The minimum absolute atomic E-state index is 0.00794. The monoisotopic (exact) mass is 371 g/mol. The van der Waals surface area contributed by atoms with Crippen molar-refractivity contribution in [3.8, 4) is 5.69 Å². The molecule has 27 heavy (non-hydrogen) atoms. The summed E-state index contributed by atoms with van der Waals surface area (Å²) >= 11 is 0. The Bertz CT molecular complexity index is 1020. The molecule has 0 aliphatic rings. The molecule has 0 aliphatic carbocycles. The summed E-state index contributed by atoms with van der Waals surface area (Å²) in [6.07, 6.45) is 1.45. The van der Waals surface area contributed by atoms with E-state index in [1.807, 2.05) is 0 Å². The number of halogens is 2. The van der Waals surface area contributed by atoms with Crippen molar-refractivity contribution in [2.24, 2.45) is 0 Å². The molecule has 1 aromatic carbocycles. The first-order valence-corrected chi connectivity index (χ1v) is 7.92. The zero-order valence-electron chi connectivity index (χ0n) is 14.5. The van der Waals surface area contributed by atoms with E-state index in [0.717, 1.165) is 12.1 Å². The third-order valence-corrected chi connectivity index (χ3v) is 3.84. The van der Waals surface area contributed by atoms with Crippen LogP contribution in [0.2, 0.25) is 0 Å². The number of aromatic nitrogens is 3. The van der Waals surface area contributed by atoms with E-state index in [1.54, 1.807) is 26.0 Å². The second kappa shape index (κ2) is 7.32. The van der Waals surface area contributed by atoms with Crippen molar-refractivity contribution in [1.82, 2.24) is 25.6 Å². The summed E-state index contributed by atoms with van der Waals surface area (Å²) in [4.78, 5) is 28.3. The Hall–Kier alpha value is -3.62. The first-order chi connectivity index (χ1) is 12.9. The first-order valence-electron chi connectivity index (χ1n) is 7.92. The Morgan fingerprint density at radius 2 is 1.78 bits per heavy atom. The average molecular weight is 371 g/mol. The van der Waals surface area contributed by atoms with Crippen LogP contribution in [0.5, 0.6) is 0 Å². The van der Waals surface area contributed by atoms with E-state index in [-0.39, 0.29) is 16.9 Å². The molecule has 0 saturated heterocycles. The standard InChI is InChI=1S/C18H15F2N5O2/c1-10-16(18(27)23-22-17(26)14-5-3-4-8-21-14)11(2)25(24-10)15-7-6-12(19)9-13(15)20/h3-9H,1-2H3,(H,22,26)(H,23,27). The second-order valence-corrected chi connectivity index (χ2v) is 5.68. The lowest BCUT2D eigenvalue weighted by Gasteiger charge is -2.08. The number of amides is 2. The summed E-state index contributed by atoms with van der Waals surface area (Å²) in [6, 6.07) is 7.85. The lowest BCUT2D eigenvalue weighted by molar-refractivity contribution is 0.0843. The molecule has 0 fully saturated rings. The van der Waals surface area contributed by atoms with E-state index in [0.29, 0.717) is 11.4 Å². The van der Waals surface area contributed by atoms with Gasteiger partial charge in [-0.05, 0) is 38.1 Å². The summed E-state index contributed by atoms with van der Waals surface area (Å²) < 4.78 is 28.4. The molecule has 7 nitrogen and oxygen atoms in total. The van der Waals surface area contributed by atoms with Gasteiger partial charge < -0.3 is 0 Å². The van der Waals surface area contributed by atoms with Crippen LogP contribution in [0.3, 0.4) is 0 Å². The van der Waals surface area contributed by atoms with E-state index in [2.05, 4.69) is 20.9 Å². The van der Waals surface area contributed by atoms with Crippen LogP contribution in [0.4, 0.5) is 8.78 Å². The number of benzene rings is 1. The SMILES string of the molecule is Cc1nn(-c2ccc(F)cc2F)c(C)c1C(=O)NNC(=O)c1ccccn1. The highest BCUT2D eigenvalue weighted by Crippen LogP contribution is 2.20. The van der Waals surface area contributed by atoms with Gasteiger partial charge in [0.15, 0.2) is 5.82 Å². The Labute approximate surface area is 153 Å². The number of hydrazine groups is 1. The van der Waals surface area contributed by atoms with Gasteiger partial charge >= 0.3 is 0 Å². The predicted octanol–water partition coefficient (Wildman–Crippen LogP) is 2.24. The minimum Gasteiger partial charge on any atom is -0.267 e. The van der Waals surface area contributed by atoms with Crippen molar-refractivity contribution in [2.75, 3.05) is 0 Å². The zero-order chi connectivity index (χ0) is 19.6. The van der Waals surface area contributed by atoms with Gasteiger partial charge in [-0.15, -0.1) is 0 Å². The second-order valence-electron chi connectivity index (χ2n) is 5.68. The molecule has 9 heteroatoms. The number of carbonyl (C=O) groups excluding carboxylic acids is 2. The molecule has 0 bridgehead atoms. The molecular weight excluding hydrogens is 356 g/mol. The van der Waals surface area contributed by atoms with Gasteiger partial charge in [-0.2, -0.15) is 5.10 Å². The molecule has 0 spiro atoms. The molecule has 0 atom stereocenters. The number of hydrogen-bond donors (Lipinski definition) is 2. The fraction of sp³-hybridized carbons (Fsp3) is 0.111. The van der Waals surface area contributed by atoms with E-state index < -0.39 is 23.4 Å². The summed E-state index contributed by atoms with van der Waals surface area (Å²) in [7, 11) is 0. The minimum atomic E-state index is -0.809.